The summed E-state index contributed by atoms with van der Waals surface area (Å²) in [6.07, 6.45) is 1.58. The van der Waals surface area contributed by atoms with Crippen LogP contribution in [-0.2, 0) is 11.3 Å². The van der Waals surface area contributed by atoms with Crippen LogP contribution in [0.3, 0.4) is 0 Å². The Morgan fingerprint density at radius 3 is 2.36 bits per heavy atom. The highest BCUT2D eigenvalue weighted by Gasteiger charge is 2.09. The summed E-state index contributed by atoms with van der Waals surface area (Å²) in [5.41, 5.74) is 0.319. The number of nitrogens with one attached hydrogen (secondary N) is 1. The van der Waals surface area contributed by atoms with E-state index >= 15 is 0 Å². The third-order valence-corrected chi connectivity index (χ3v) is 4.17. The molecule has 6 heteroatoms. The van der Waals surface area contributed by atoms with Crippen LogP contribution in [-0.4, -0.2) is 15.7 Å². The lowest BCUT2D eigenvalue weighted by Gasteiger charge is -2.09. The van der Waals surface area contributed by atoms with Crippen molar-refractivity contribution in [3.8, 4) is 11.5 Å². The first-order valence-electron chi connectivity index (χ1n) is 8.77. The first kappa shape index (κ1) is 17.5. The third-order valence-electron chi connectivity index (χ3n) is 4.17. The highest BCUT2D eigenvalue weighted by atomic mass is 16.5. The van der Waals surface area contributed by atoms with Gasteiger partial charge in [-0.15, -0.1) is 0 Å². The molecule has 1 N–H and O–H groups in total. The number of fused-ring (bicyclic) bond motifs is 1. The molecule has 0 radical (unpaired) electrons. The van der Waals surface area contributed by atoms with Gasteiger partial charge in [-0.2, -0.15) is 5.10 Å². The van der Waals surface area contributed by atoms with E-state index in [1.807, 2.05) is 42.5 Å². The molecule has 0 saturated heterocycles. The summed E-state index contributed by atoms with van der Waals surface area (Å²) in [5.74, 6) is 1.07. The Morgan fingerprint density at radius 1 is 0.893 bits per heavy atom. The lowest BCUT2D eigenvalue weighted by Crippen LogP contribution is -2.29. The predicted molar refractivity (Wildman–Crippen MR) is 108 cm³/mol. The van der Waals surface area contributed by atoms with Crippen LogP contribution >= 0.6 is 0 Å². The number of hydrogen-bond acceptors (Lipinski definition) is 4. The zero-order valence-corrected chi connectivity index (χ0v) is 14.9. The molecular formula is C22H17N3O3. The van der Waals surface area contributed by atoms with Crippen LogP contribution in [0, 0.1) is 0 Å². The Balaban J connectivity index is 1.43. The normalized spacial score (nSPS) is 10.6. The molecule has 1 heterocycles. The minimum atomic E-state index is -0.332. The van der Waals surface area contributed by atoms with E-state index in [2.05, 4.69) is 10.4 Å². The van der Waals surface area contributed by atoms with E-state index in [4.69, 9.17) is 4.74 Å². The van der Waals surface area contributed by atoms with Crippen molar-refractivity contribution in [3.05, 3.63) is 95.4 Å². The van der Waals surface area contributed by atoms with Crippen LogP contribution in [0.4, 0.5) is 5.69 Å². The SMILES string of the molecule is O=C(Cn1ncc2ccccc2c1=O)Nc1ccc(Oc2ccccc2)cc1. The summed E-state index contributed by atoms with van der Waals surface area (Å²) in [6.45, 7) is -0.161. The quantitative estimate of drug-likeness (QED) is 0.579. The highest BCUT2D eigenvalue weighted by molar-refractivity contribution is 5.90. The van der Waals surface area contributed by atoms with Crippen molar-refractivity contribution in [1.29, 1.82) is 0 Å². The van der Waals surface area contributed by atoms with Gasteiger partial charge in [0, 0.05) is 11.1 Å². The number of carbonyl (C=O) groups excluding carboxylic acids is 1. The average molecular weight is 371 g/mol. The van der Waals surface area contributed by atoms with Crippen LogP contribution < -0.4 is 15.6 Å². The number of amides is 1. The van der Waals surface area contributed by atoms with Gasteiger partial charge in [-0.05, 0) is 42.5 Å². The van der Waals surface area contributed by atoms with E-state index in [1.54, 1.807) is 42.6 Å². The first-order valence-corrected chi connectivity index (χ1v) is 8.77. The molecule has 0 fully saturated rings. The van der Waals surface area contributed by atoms with Crippen molar-refractivity contribution in [2.45, 2.75) is 6.54 Å². The number of benzene rings is 3. The number of para-hydroxylation sites is 1. The molecule has 0 bridgehead atoms. The van der Waals surface area contributed by atoms with Crippen molar-refractivity contribution in [1.82, 2.24) is 9.78 Å². The van der Waals surface area contributed by atoms with E-state index in [0.717, 1.165) is 15.8 Å². The molecule has 0 spiro atoms. The summed E-state index contributed by atoms with van der Waals surface area (Å²) in [6, 6.07) is 23.6. The summed E-state index contributed by atoms with van der Waals surface area (Å²) >= 11 is 0. The van der Waals surface area contributed by atoms with Gasteiger partial charge in [0.1, 0.15) is 18.0 Å². The van der Waals surface area contributed by atoms with Gasteiger partial charge in [0.05, 0.1) is 11.6 Å². The largest absolute Gasteiger partial charge is 0.457 e. The Labute approximate surface area is 161 Å². The Bertz CT molecular complexity index is 1170. The molecule has 0 aliphatic carbocycles. The van der Waals surface area contributed by atoms with Gasteiger partial charge in [0.25, 0.3) is 5.56 Å². The smallest absolute Gasteiger partial charge is 0.275 e. The molecule has 0 atom stereocenters. The van der Waals surface area contributed by atoms with Gasteiger partial charge in [-0.25, -0.2) is 4.68 Å². The van der Waals surface area contributed by atoms with Gasteiger partial charge in [-0.3, -0.25) is 9.59 Å². The van der Waals surface area contributed by atoms with Gasteiger partial charge >= 0.3 is 0 Å². The van der Waals surface area contributed by atoms with E-state index < -0.39 is 0 Å². The van der Waals surface area contributed by atoms with Crippen molar-refractivity contribution in [3.63, 3.8) is 0 Å². The predicted octanol–water partition coefficient (Wildman–Crippen LogP) is 3.83. The van der Waals surface area contributed by atoms with Crippen molar-refractivity contribution in [2.24, 2.45) is 0 Å². The molecule has 6 nitrogen and oxygen atoms in total. The number of hydrogen-bond donors (Lipinski definition) is 1. The van der Waals surface area contributed by atoms with Gasteiger partial charge in [0.2, 0.25) is 5.91 Å². The standard InChI is InChI=1S/C22H17N3O3/c26-21(15-25-22(27)20-9-5-4-6-16(20)14-23-25)24-17-10-12-19(13-11-17)28-18-7-2-1-3-8-18/h1-14H,15H2,(H,24,26). The van der Waals surface area contributed by atoms with Crippen molar-refractivity contribution < 1.29 is 9.53 Å². The average Bonchev–Trinajstić information content (AvgIpc) is 2.72. The number of anilines is 1. The molecule has 3 aromatic carbocycles. The van der Waals surface area contributed by atoms with Crippen LogP contribution in [0.5, 0.6) is 11.5 Å². The zero-order chi connectivity index (χ0) is 19.3. The number of rotatable bonds is 5. The molecule has 0 saturated carbocycles. The molecule has 1 aromatic heterocycles. The summed E-state index contributed by atoms with van der Waals surface area (Å²) in [4.78, 5) is 24.7. The molecule has 0 aliphatic rings. The van der Waals surface area contributed by atoms with E-state index in [9.17, 15) is 9.59 Å². The number of aromatic nitrogens is 2. The van der Waals surface area contributed by atoms with Crippen LogP contribution in [0.15, 0.2) is 89.9 Å². The second kappa shape index (κ2) is 7.75. The summed E-state index contributed by atoms with van der Waals surface area (Å²) < 4.78 is 6.88. The molecule has 28 heavy (non-hydrogen) atoms. The first-order chi connectivity index (χ1) is 13.7. The van der Waals surface area contributed by atoms with Gasteiger partial charge < -0.3 is 10.1 Å². The molecular weight excluding hydrogens is 354 g/mol. The van der Waals surface area contributed by atoms with Gasteiger partial charge in [-0.1, -0.05) is 36.4 Å². The van der Waals surface area contributed by atoms with Gasteiger partial charge in [0.15, 0.2) is 0 Å². The maximum absolute atomic E-state index is 12.4. The number of ether oxygens (including phenoxy) is 1. The Hall–Kier alpha value is -3.93. The van der Waals surface area contributed by atoms with Crippen LogP contribution in [0.2, 0.25) is 0 Å². The molecule has 138 valence electrons. The highest BCUT2D eigenvalue weighted by Crippen LogP contribution is 2.22. The lowest BCUT2D eigenvalue weighted by atomic mass is 10.2. The van der Waals surface area contributed by atoms with Crippen LogP contribution in [0.1, 0.15) is 0 Å². The Morgan fingerprint density at radius 2 is 1.57 bits per heavy atom. The minimum absolute atomic E-state index is 0.161. The molecule has 4 aromatic rings. The monoisotopic (exact) mass is 371 g/mol. The topological polar surface area (TPSA) is 73.2 Å². The fourth-order valence-corrected chi connectivity index (χ4v) is 2.81. The summed E-state index contributed by atoms with van der Waals surface area (Å²) in [5, 5.41) is 8.12. The van der Waals surface area contributed by atoms with Crippen LogP contribution in [0.25, 0.3) is 10.8 Å². The Kier molecular flexibility index (Phi) is 4.84. The maximum atomic E-state index is 12.4. The minimum Gasteiger partial charge on any atom is -0.457 e. The van der Waals surface area contributed by atoms with E-state index in [1.165, 1.54) is 0 Å². The molecule has 0 unspecified atom stereocenters. The number of carbonyl (C=O) groups is 1. The molecule has 4 rings (SSSR count). The van der Waals surface area contributed by atoms with E-state index in [-0.39, 0.29) is 18.0 Å². The zero-order valence-electron chi connectivity index (χ0n) is 14.9. The number of nitrogens with zero attached hydrogens (tertiary/aromatic N) is 2. The van der Waals surface area contributed by atoms with Crippen molar-refractivity contribution >= 4 is 22.4 Å². The summed E-state index contributed by atoms with van der Waals surface area (Å²) in [7, 11) is 0. The van der Waals surface area contributed by atoms with E-state index in [0.29, 0.717) is 16.8 Å². The fraction of sp³-hybridized carbons (Fsp3) is 0.0455. The lowest BCUT2D eigenvalue weighted by molar-refractivity contribution is -0.117. The molecule has 1 amide bonds. The fourth-order valence-electron chi connectivity index (χ4n) is 2.81. The molecule has 0 aliphatic heterocycles. The maximum Gasteiger partial charge on any atom is 0.275 e. The second-order valence-corrected chi connectivity index (χ2v) is 6.18. The van der Waals surface area contributed by atoms with Crippen molar-refractivity contribution in [2.75, 3.05) is 5.32 Å². The second-order valence-electron chi connectivity index (χ2n) is 6.18. The third kappa shape index (κ3) is 3.91.